The zero-order chi connectivity index (χ0) is 13.5. The molecule has 0 aromatic heterocycles. The first kappa shape index (κ1) is 13.9. The molecule has 0 fully saturated rings. The SMILES string of the molecule is Fc1ccc(Br)c(NCCCOc2ccccc2)c1. The first-order valence-electron chi connectivity index (χ1n) is 6.12. The van der Waals surface area contributed by atoms with Gasteiger partial charge in [-0.3, -0.25) is 0 Å². The summed E-state index contributed by atoms with van der Waals surface area (Å²) in [4.78, 5) is 0. The number of nitrogens with one attached hydrogen (secondary N) is 1. The molecule has 2 nitrogen and oxygen atoms in total. The molecule has 100 valence electrons. The minimum absolute atomic E-state index is 0.244. The molecule has 0 radical (unpaired) electrons. The average molecular weight is 324 g/mol. The molecule has 2 aromatic carbocycles. The van der Waals surface area contributed by atoms with E-state index in [-0.39, 0.29) is 5.82 Å². The highest BCUT2D eigenvalue weighted by atomic mass is 79.9. The average Bonchev–Trinajstić information content (AvgIpc) is 2.43. The van der Waals surface area contributed by atoms with Gasteiger partial charge in [-0.1, -0.05) is 18.2 Å². The fourth-order valence-corrected chi connectivity index (χ4v) is 2.02. The molecule has 0 aliphatic heterocycles. The maximum atomic E-state index is 13.1. The predicted molar refractivity (Wildman–Crippen MR) is 79.1 cm³/mol. The molecule has 0 spiro atoms. The van der Waals surface area contributed by atoms with Crippen molar-refractivity contribution in [3.05, 3.63) is 58.8 Å². The Bertz CT molecular complexity index is 519. The van der Waals surface area contributed by atoms with E-state index in [1.54, 1.807) is 6.07 Å². The zero-order valence-corrected chi connectivity index (χ0v) is 12.0. The van der Waals surface area contributed by atoms with Crippen molar-refractivity contribution in [1.82, 2.24) is 0 Å². The Hall–Kier alpha value is -1.55. The fraction of sp³-hybridized carbons (Fsp3) is 0.200. The third-order valence-corrected chi connectivity index (χ3v) is 3.27. The molecule has 0 heterocycles. The first-order valence-corrected chi connectivity index (χ1v) is 6.92. The molecule has 0 saturated carbocycles. The Morgan fingerprint density at radius 3 is 2.68 bits per heavy atom. The fourth-order valence-electron chi connectivity index (χ4n) is 1.63. The van der Waals surface area contributed by atoms with Gasteiger partial charge in [-0.25, -0.2) is 4.39 Å². The van der Waals surface area contributed by atoms with Crippen molar-refractivity contribution in [3.63, 3.8) is 0 Å². The molecule has 0 bridgehead atoms. The molecule has 0 aliphatic carbocycles. The lowest BCUT2D eigenvalue weighted by Gasteiger charge is -2.09. The summed E-state index contributed by atoms with van der Waals surface area (Å²) < 4.78 is 19.5. The van der Waals surface area contributed by atoms with E-state index in [1.807, 2.05) is 30.3 Å². The van der Waals surface area contributed by atoms with Crippen LogP contribution in [0.4, 0.5) is 10.1 Å². The second kappa shape index (κ2) is 7.14. The van der Waals surface area contributed by atoms with Crippen molar-refractivity contribution >= 4 is 21.6 Å². The Kier molecular flexibility index (Phi) is 5.21. The van der Waals surface area contributed by atoms with Crippen molar-refractivity contribution in [2.75, 3.05) is 18.5 Å². The number of rotatable bonds is 6. The van der Waals surface area contributed by atoms with Gasteiger partial charge in [-0.05, 0) is 52.7 Å². The molecular formula is C15H15BrFNO. The number of anilines is 1. The molecular weight excluding hydrogens is 309 g/mol. The molecule has 2 aromatic rings. The molecule has 19 heavy (non-hydrogen) atoms. The van der Waals surface area contributed by atoms with E-state index < -0.39 is 0 Å². The molecule has 2 rings (SSSR count). The van der Waals surface area contributed by atoms with E-state index in [4.69, 9.17) is 4.74 Å². The summed E-state index contributed by atoms with van der Waals surface area (Å²) in [7, 11) is 0. The van der Waals surface area contributed by atoms with Crippen molar-refractivity contribution < 1.29 is 9.13 Å². The molecule has 0 atom stereocenters. The highest BCUT2D eigenvalue weighted by Crippen LogP contribution is 2.22. The monoisotopic (exact) mass is 323 g/mol. The standard InChI is InChI=1S/C15H15BrFNO/c16-14-8-7-12(17)11-15(14)18-9-4-10-19-13-5-2-1-3-6-13/h1-3,5-8,11,18H,4,9-10H2. The zero-order valence-electron chi connectivity index (χ0n) is 10.4. The minimum Gasteiger partial charge on any atom is -0.494 e. The summed E-state index contributed by atoms with van der Waals surface area (Å²) in [6, 6.07) is 14.3. The molecule has 0 saturated heterocycles. The van der Waals surface area contributed by atoms with Crippen LogP contribution in [-0.2, 0) is 0 Å². The summed E-state index contributed by atoms with van der Waals surface area (Å²) >= 11 is 3.38. The smallest absolute Gasteiger partial charge is 0.125 e. The molecule has 0 aliphatic rings. The second-order valence-electron chi connectivity index (χ2n) is 4.07. The van der Waals surface area contributed by atoms with Gasteiger partial charge in [0.25, 0.3) is 0 Å². The van der Waals surface area contributed by atoms with Crippen LogP contribution in [0.1, 0.15) is 6.42 Å². The lowest BCUT2D eigenvalue weighted by atomic mass is 10.3. The number of para-hydroxylation sites is 1. The van der Waals surface area contributed by atoms with Crippen LogP contribution in [0.5, 0.6) is 5.75 Å². The molecule has 1 N–H and O–H groups in total. The highest BCUT2D eigenvalue weighted by Gasteiger charge is 2.00. The molecule has 0 unspecified atom stereocenters. The van der Waals surface area contributed by atoms with Crippen LogP contribution < -0.4 is 10.1 Å². The van der Waals surface area contributed by atoms with Gasteiger partial charge >= 0.3 is 0 Å². The van der Waals surface area contributed by atoms with Crippen LogP contribution in [0.15, 0.2) is 53.0 Å². The van der Waals surface area contributed by atoms with Gasteiger partial charge in [0.05, 0.1) is 12.3 Å². The Morgan fingerprint density at radius 2 is 1.89 bits per heavy atom. The Balaban J connectivity index is 1.71. The maximum absolute atomic E-state index is 13.1. The van der Waals surface area contributed by atoms with Crippen LogP contribution in [0, 0.1) is 5.82 Å². The number of hydrogen-bond acceptors (Lipinski definition) is 2. The summed E-state index contributed by atoms with van der Waals surface area (Å²) in [6.45, 7) is 1.36. The van der Waals surface area contributed by atoms with E-state index >= 15 is 0 Å². The maximum Gasteiger partial charge on any atom is 0.125 e. The summed E-state index contributed by atoms with van der Waals surface area (Å²) in [5, 5.41) is 3.17. The summed E-state index contributed by atoms with van der Waals surface area (Å²) in [6.07, 6.45) is 0.845. The van der Waals surface area contributed by atoms with Gasteiger partial charge in [-0.15, -0.1) is 0 Å². The van der Waals surface area contributed by atoms with E-state index in [0.717, 1.165) is 28.9 Å². The summed E-state index contributed by atoms with van der Waals surface area (Å²) in [5.74, 6) is 0.626. The van der Waals surface area contributed by atoms with Gasteiger partial charge in [0.2, 0.25) is 0 Å². The highest BCUT2D eigenvalue weighted by molar-refractivity contribution is 9.10. The predicted octanol–water partition coefficient (Wildman–Crippen LogP) is 4.47. The largest absolute Gasteiger partial charge is 0.494 e. The first-order chi connectivity index (χ1) is 9.25. The van der Waals surface area contributed by atoms with Gasteiger partial charge in [0.1, 0.15) is 11.6 Å². The lowest BCUT2D eigenvalue weighted by molar-refractivity contribution is 0.315. The van der Waals surface area contributed by atoms with Crippen molar-refractivity contribution in [2.45, 2.75) is 6.42 Å². The lowest BCUT2D eigenvalue weighted by Crippen LogP contribution is -2.07. The van der Waals surface area contributed by atoms with E-state index in [2.05, 4.69) is 21.2 Å². The normalized spacial score (nSPS) is 10.2. The second-order valence-corrected chi connectivity index (χ2v) is 4.92. The van der Waals surface area contributed by atoms with E-state index in [9.17, 15) is 4.39 Å². The van der Waals surface area contributed by atoms with Gasteiger partial charge in [0, 0.05) is 11.0 Å². The summed E-state index contributed by atoms with van der Waals surface area (Å²) in [5.41, 5.74) is 0.764. The number of benzene rings is 2. The number of halogens is 2. The van der Waals surface area contributed by atoms with Gasteiger partial charge in [-0.2, -0.15) is 0 Å². The van der Waals surface area contributed by atoms with Crippen LogP contribution in [0.3, 0.4) is 0 Å². The van der Waals surface area contributed by atoms with Crippen LogP contribution in [-0.4, -0.2) is 13.2 Å². The quantitative estimate of drug-likeness (QED) is 0.792. The number of ether oxygens (including phenoxy) is 1. The molecule has 0 amide bonds. The van der Waals surface area contributed by atoms with E-state index in [1.165, 1.54) is 12.1 Å². The minimum atomic E-state index is -0.244. The Labute approximate surface area is 120 Å². The van der Waals surface area contributed by atoms with E-state index in [0.29, 0.717) is 6.61 Å². The third kappa shape index (κ3) is 4.56. The number of hydrogen-bond donors (Lipinski definition) is 1. The van der Waals surface area contributed by atoms with Gasteiger partial charge < -0.3 is 10.1 Å². The third-order valence-electron chi connectivity index (χ3n) is 2.58. The van der Waals surface area contributed by atoms with Gasteiger partial charge in [0.15, 0.2) is 0 Å². The molecule has 4 heteroatoms. The van der Waals surface area contributed by atoms with Crippen molar-refractivity contribution in [1.29, 1.82) is 0 Å². The van der Waals surface area contributed by atoms with Crippen LogP contribution >= 0.6 is 15.9 Å². The topological polar surface area (TPSA) is 21.3 Å². The van der Waals surface area contributed by atoms with Crippen LogP contribution in [0.25, 0.3) is 0 Å². The van der Waals surface area contributed by atoms with Crippen molar-refractivity contribution in [3.8, 4) is 5.75 Å². The Morgan fingerprint density at radius 1 is 1.11 bits per heavy atom. The van der Waals surface area contributed by atoms with Crippen molar-refractivity contribution in [2.24, 2.45) is 0 Å². The van der Waals surface area contributed by atoms with Crippen LogP contribution in [0.2, 0.25) is 0 Å².